The summed E-state index contributed by atoms with van der Waals surface area (Å²) >= 11 is 0. The van der Waals surface area contributed by atoms with Gasteiger partial charge >= 0.3 is 6.18 Å². The number of benzene rings is 1. The van der Waals surface area contributed by atoms with Gasteiger partial charge in [0.05, 0.1) is 6.20 Å². The summed E-state index contributed by atoms with van der Waals surface area (Å²) in [6.07, 6.45) is 0.192. The van der Waals surface area contributed by atoms with E-state index < -0.39 is 12.1 Å². The van der Waals surface area contributed by atoms with Crippen molar-refractivity contribution < 1.29 is 28.4 Å². The van der Waals surface area contributed by atoms with Gasteiger partial charge in [-0.25, -0.2) is 0 Å². The molecule has 1 aromatic rings. The molecule has 0 radical (unpaired) electrons. The Hall–Kier alpha value is -1.82. The van der Waals surface area contributed by atoms with Crippen molar-refractivity contribution in [2.24, 2.45) is 0 Å². The van der Waals surface area contributed by atoms with E-state index in [9.17, 15) is 13.2 Å². The molecule has 1 aromatic carbocycles. The molecule has 0 atom stereocenters. The Morgan fingerprint density at radius 2 is 1.88 bits per heavy atom. The van der Waals surface area contributed by atoms with E-state index in [0.717, 1.165) is 6.42 Å². The summed E-state index contributed by atoms with van der Waals surface area (Å²) in [5.74, 6) is -3.01. The zero-order valence-electron chi connectivity index (χ0n) is 8.70. The number of quaternary nitrogens is 1. The molecule has 0 aliphatic carbocycles. The summed E-state index contributed by atoms with van der Waals surface area (Å²) in [4.78, 5) is 8.78. The number of allylic oxidation sites excluding steroid dienone is 1. The fraction of sp³-hybridized carbons (Fsp3) is 0.182. The number of hydrogen-bond donors (Lipinski definition) is 1. The first-order chi connectivity index (χ1) is 7.91. The van der Waals surface area contributed by atoms with Crippen LogP contribution in [0, 0.1) is 0 Å². The molecule has 3 nitrogen and oxygen atoms in total. The van der Waals surface area contributed by atoms with Crippen molar-refractivity contribution in [3.63, 3.8) is 0 Å². The van der Waals surface area contributed by atoms with Crippen molar-refractivity contribution in [2.45, 2.75) is 12.6 Å². The number of hydrogen-bond acceptors (Lipinski definition) is 2. The van der Waals surface area contributed by atoms with Gasteiger partial charge in [-0.3, -0.25) is 5.32 Å². The fourth-order valence-corrected chi connectivity index (χ4v) is 1.25. The quantitative estimate of drug-likeness (QED) is 0.666. The third kappa shape index (κ3) is 4.28. The van der Waals surface area contributed by atoms with Gasteiger partial charge in [0.2, 0.25) is 0 Å². The van der Waals surface area contributed by atoms with Crippen LogP contribution in [0.15, 0.2) is 36.5 Å². The summed E-state index contributed by atoms with van der Waals surface area (Å²) in [5, 5.41) is 10.9. The van der Waals surface area contributed by atoms with Crippen molar-refractivity contribution >= 4 is 11.7 Å². The van der Waals surface area contributed by atoms with E-state index >= 15 is 0 Å². The lowest BCUT2D eigenvalue weighted by molar-refractivity contribution is -0.498. The minimum Gasteiger partial charge on any atom is -0.542 e. The monoisotopic (exact) mass is 245 g/mol. The van der Waals surface area contributed by atoms with E-state index in [1.54, 1.807) is 0 Å². The van der Waals surface area contributed by atoms with Crippen molar-refractivity contribution in [3.05, 3.63) is 42.1 Å². The van der Waals surface area contributed by atoms with Crippen LogP contribution in [0.25, 0.3) is 0 Å². The molecule has 0 amide bonds. The zero-order valence-corrected chi connectivity index (χ0v) is 8.70. The maximum atomic E-state index is 10.5. The maximum absolute atomic E-state index is 10.5. The highest BCUT2D eigenvalue weighted by Crippen LogP contribution is 2.12. The number of carboxylic acids is 1. The predicted molar refractivity (Wildman–Crippen MR) is 51.9 cm³/mol. The first-order valence-electron chi connectivity index (χ1n) is 4.77. The highest BCUT2D eigenvalue weighted by atomic mass is 19.4. The number of carboxylic acid groups (broad SMARTS) is 1. The number of aliphatic carboxylic acids is 1. The number of alkyl halides is 3. The third-order valence-corrected chi connectivity index (χ3v) is 2.04. The lowest BCUT2D eigenvalue weighted by Crippen LogP contribution is -2.72. The molecule has 0 fully saturated rings. The third-order valence-electron chi connectivity index (χ3n) is 2.04. The first-order valence-corrected chi connectivity index (χ1v) is 4.77. The van der Waals surface area contributed by atoms with Crippen molar-refractivity contribution in [3.8, 4) is 0 Å². The molecule has 0 spiro atoms. The highest BCUT2D eigenvalue weighted by Gasteiger charge is 2.28. The van der Waals surface area contributed by atoms with E-state index in [2.05, 4.69) is 41.9 Å². The summed E-state index contributed by atoms with van der Waals surface area (Å²) in [6, 6.07) is 8.49. The molecular weight excluding hydrogens is 235 g/mol. The molecule has 0 bridgehead atoms. The molecule has 0 aromatic heterocycles. The largest absolute Gasteiger partial charge is 0.542 e. The molecule has 2 rings (SSSR count). The van der Waals surface area contributed by atoms with Crippen LogP contribution in [-0.4, -0.2) is 12.1 Å². The number of nitrogens with two attached hydrogens (primary N) is 1. The number of carbonyl (C=O) groups excluding carboxylic acids is 1. The molecule has 0 unspecified atom stereocenters. The summed E-state index contributed by atoms with van der Waals surface area (Å²) < 4.78 is 31.5. The van der Waals surface area contributed by atoms with E-state index in [4.69, 9.17) is 9.90 Å². The van der Waals surface area contributed by atoms with Crippen LogP contribution in [0.4, 0.5) is 18.9 Å². The van der Waals surface area contributed by atoms with Crippen LogP contribution in [0.1, 0.15) is 5.56 Å². The smallest absolute Gasteiger partial charge is 0.430 e. The standard InChI is InChI=1S/C9H9N.C2HF3O2/c1-2-6-9-8(4-1)5-3-7-10-9;3-2(4,5)1(6)7/h1-4,6-7,10H,5H2;(H,6,7). The van der Waals surface area contributed by atoms with E-state index in [0.29, 0.717) is 0 Å². The number of rotatable bonds is 0. The first kappa shape index (κ1) is 13.2. The number of para-hydroxylation sites is 1. The molecule has 17 heavy (non-hydrogen) atoms. The Labute approximate surface area is 95.6 Å². The van der Waals surface area contributed by atoms with Crippen LogP contribution in [0.3, 0.4) is 0 Å². The predicted octanol–water partition coefficient (Wildman–Crippen LogP) is 0.250. The minimum absolute atomic E-state index is 1.09. The van der Waals surface area contributed by atoms with Crippen molar-refractivity contribution in [1.82, 2.24) is 0 Å². The summed E-state index contributed by atoms with van der Waals surface area (Å²) in [5.41, 5.74) is 2.80. The second kappa shape index (κ2) is 5.49. The Morgan fingerprint density at radius 3 is 2.41 bits per heavy atom. The molecule has 0 saturated carbocycles. The fourth-order valence-electron chi connectivity index (χ4n) is 1.25. The molecule has 92 valence electrons. The molecule has 0 saturated heterocycles. The number of carbonyl (C=O) groups is 1. The number of fused-ring (bicyclic) bond motifs is 1. The minimum atomic E-state index is -5.19. The summed E-state index contributed by atoms with van der Waals surface area (Å²) in [7, 11) is 0. The topological polar surface area (TPSA) is 56.7 Å². The molecule has 1 aliphatic rings. The lowest BCUT2D eigenvalue weighted by Gasteiger charge is -2.05. The van der Waals surface area contributed by atoms with Gasteiger partial charge in [-0.15, -0.1) is 0 Å². The van der Waals surface area contributed by atoms with Gasteiger partial charge in [0.15, 0.2) is 0 Å². The van der Waals surface area contributed by atoms with E-state index in [-0.39, 0.29) is 0 Å². The number of halogens is 3. The molecule has 6 heteroatoms. The summed E-state index contributed by atoms with van der Waals surface area (Å²) in [6.45, 7) is 0. The normalized spacial score (nSPS) is 13.4. The van der Waals surface area contributed by atoms with Gasteiger partial charge in [0.1, 0.15) is 11.7 Å². The molecule has 1 heterocycles. The Morgan fingerprint density at radius 1 is 1.29 bits per heavy atom. The van der Waals surface area contributed by atoms with Crippen LogP contribution in [-0.2, 0) is 11.2 Å². The van der Waals surface area contributed by atoms with Gasteiger partial charge in [-0.05, 0) is 12.1 Å². The van der Waals surface area contributed by atoms with Crippen LogP contribution in [0.2, 0.25) is 0 Å². The van der Waals surface area contributed by atoms with Gasteiger partial charge in [0.25, 0.3) is 0 Å². The van der Waals surface area contributed by atoms with Gasteiger partial charge in [-0.2, -0.15) is 13.2 Å². The Balaban J connectivity index is 0.000000185. The van der Waals surface area contributed by atoms with E-state index in [1.165, 1.54) is 11.3 Å². The zero-order chi connectivity index (χ0) is 12.9. The second-order valence-electron chi connectivity index (χ2n) is 3.28. The van der Waals surface area contributed by atoms with Gasteiger partial charge in [-0.1, -0.05) is 18.2 Å². The lowest BCUT2D eigenvalue weighted by atomic mass is 10.1. The van der Waals surface area contributed by atoms with Crippen molar-refractivity contribution in [2.75, 3.05) is 0 Å². The van der Waals surface area contributed by atoms with Gasteiger partial charge in [0, 0.05) is 12.0 Å². The van der Waals surface area contributed by atoms with Crippen LogP contribution >= 0.6 is 0 Å². The molecular formula is C11H10F3NO2. The highest BCUT2D eigenvalue weighted by molar-refractivity contribution is 5.70. The second-order valence-corrected chi connectivity index (χ2v) is 3.28. The van der Waals surface area contributed by atoms with Crippen molar-refractivity contribution in [1.29, 1.82) is 0 Å². The molecule has 2 N–H and O–H groups in total. The molecule has 1 aliphatic heterocycles. The van der Waals surface area contributed by atoms with Crippen LogP contribution < -0.4 is 10.4 Å². The Bertz CT molecular complexity index is 400. The van der Waals surface area contributed by atoms with Gasteiger partial charge < -0.3 is 9.90 Å². The SMILES string of the molecule is C1=C[NH2+]c2ccccc2C1.O=C([O-])C(F)(F)F. The Kier molecular flexibility index (Phi) is 4.28. The maximum Gasteiger partial charge on any atom is 0.430 e. The van der Waals surface area contributed by atoms with Crippen LogP contribution in [0.5, 0.6) is 0 Å². The average molecular weight is 245 g/mol. The average Bonchev–Trinajstić information content (AvgIpc) is 2.29. The van der Waals surface area contributed by atoms with E-state index in [1.807, 2.05) is 0 Å².